The number of sulfonamides is 1. The van der Waals surface area contributed by atoms with Gasteiger partial charge in [0.2, 0.25) is 10.0 Å². The molecule has 2 aromatic carbocycles. The average Bonchev–Trinajstić information content (AvgIpc) is 2.60. The maximum Gasteiger partial charge on any atom is 0.255 e. The number of nitrogens with one attached hydrogen (secondary N) is 2. The number of amides is 1. The van der Waals surface area contributed by atoms with E-state index in [0.717, 1.165) is 17.2 Å². The molecule has 0 aliphatic heterocycles. The molecule has 0 unspecified atom stereocenters. The molecule has 0 fully saturated rings. The fraction of sp³-hybridized carbons (Fsp3) is 0.278. The van der Waals surface area contributed by atoms with Crippen molar-refractivity contribution in [3.8, 4) is 5.75 Å². The van der Waals surface area contributed by atoms with Crippen molar-refractivity contribution >= 4 is 27.5 Å². The molecule has 146 valence electrons. The van der Waals surface area contributed by atoms with Gasteiger partial charge in [-0.1, -0.05) is 17.7 Å². The van der Waals surface area contributed by atoms with E-state index in [2.05, 4.69) is 10.0 Å². The van der Waals surface area contributed by atoms with Gasteiger partial charge in [0.05, 0.1) is 17.7 Å². The summed E-state index contributed by atoms with van der Waals surface area (Å²) in [6.07, 6.45) is 0. The Bertz CT molecular complexity index is 944. The van der Waals surface area contributed by atoms with Crippen LogP contribution in [0.2, 0.25) is 5.02 Å². The Morgan fingerprint density at radius 2 is 1.85 bits per heavy atom. The van der Waals surface area contributed by atoms with E-state index in [4.69, 9.17) is 16.3 Å². The summed E-state index contributed by atoms with van der Waals surface area (Å²) in [5.41, 5.74) is 1.43. The van der Waals surface area contributed by atoms with E-state index >= 15 is 0 Å². The van der Waals surface area contributed by atoms with Crippen LogP contribution < -0.4 is 14.8 Å². The lowest BCUT2D eigenvalue weighted by atomic mass is 10.1. The van der Waals surface area contributed by atoms with E-state index in [1.54, 1.807) is 13.0 Å². The van der Waals surface area contributed by atoms with Gasteiger partial charge in [-0.25, -0.2) is 17.5 Å². The van der Waals surface area contributed by atoms with Gasteiger partial charge in [-0.2, -0.15) is 0 Å². The lowest BCUT2D eigenvalue weighted by Crippen LogP contribution is -2.35. The third-order valence-corrected chi connectivity index (χ3v) is 5.76. The number of hydrogen-bond donors (Lipinski definition) is 2. The number of aryl methyl sites for hydroxylation is 2. The first-order valence-corrected chi connectivity index (χ1v) is 9.90. The monoisotopic (exact) mass is 414 g/mol. The van der Waals surface area contributed by atoms with Crippen LogP contribution in [-0.4, -0.2) is 34.5 Å². The van der Waals surface area contributed by atoms with Crippen LogP contribution in [0.25, 0.3) is 0 Å². The minimum absolute atomic E-state index is 0.0107. The summed E-state index contributed by atoms with van der Waals surface area (Å²) in [7, 11) is -2.46. The zero-order valence-electron chi connectivity index (χ0n) is 15.1. The largest absolute Gasteiger partial charge is 0.495 e. The van der Waals surface area contributed by atoms with Crippen LogP contribution >= 0.6 is 11.6 Å². The van der Waals surface area contributed by atoms with Gasteiger partial charge in [-0.3, -0.25) is 4.79 Å². The zero-order valence-corrected chi connectivity index (χ0v) is 16.7. The second-order valence-corrected chi connectivity index (χ2v) is 7.98. The Morgan fingerprint density at radius 3 is 2.48 bits per heavy atom. The smallest absolute Gasteiger partial charge is 0.255 e. The van der Waals surface area contributed by atoms with Crippen molar-refractivity contribution in [1.82, 2.24) is 10.0 Å². The highest BCUT2D eigenvalue weighted by Crippen LogP contribution is 2.27. The Hall–Kier alpha value is -2.16. The van der Waals surface area contributed by atoms with Crippen molar-refractivity contribution in [3.63, 3.8) is 0 Å². The molecule has 0 spiro atoms. The highest BCUT2D eigenvalue weighted by atomic mass is 35.5. The summed E-state index contributed by atoms with van der Waals surface area (Å²) in [6, 6.07) is 7.07. The van der Waals surface area contributed by atoms with Gasteiger partial charge in [0.25, 0.3) is 5.91 Å². The van der Waals surface area contributed by atoms with Gasteiger partial charge < -0.3 is 10.1 Å². The minimum atomic E-state index is -3.85. The number of benzene rings is 2. The second kappa shape index (κ2) is 8.69. The van der Waals surface area contributed by atoms with Gasteiger partial charge in [-0.05, 0) is 49.2 Å². The third kappa shape index (κ3) is 4.97. The number of hydrogen-bond acceptors (Lipinski definition) is 4. The van der Waals surface area contributed by atoms with E-state index in [0.29, 0.717) is 0 Å². The first-order valence-electron chi connectivity index (χ1n) is 8.04. The lowest BCUT2D eigenvalue weighted by Gasteiger charge is -2.13. The van der Waals surface area contributed by atoms with Gasteiger partial charge >= 0.3 is 0 Å². The number of carbonyl (C=O) groups is 1. The quantitative estimate of drug-likeness (QED) is 0.682. The maximum atomic E-state index is 13.7. The van der Waals surface area contributed by atoms with Crippen molar-refractivity contribution in [2.45, 2.75) is 18.7 Å². The normalized spacial score (nSPS) is 11.3. The first-order chi connectivity index (χ1) is 12.7. The molecule has 2 aromatic rings. The molecule has 2 rings (SSSR count). The molecule has 0 aromatic heterocycles. The van der Waals surface area contributed by atoms with E-state index in [1.165, 1.54) is 25.3 Å². The fourth-order valence-electron chi connectivity index (χ4n) is 2.38. The molecule has 27 heavy (non-hydrogen) atoms. The van der Waals surface area contributed by atoms with Crippen molar-refractivity contribution in [1.29, 1.82) is 0 Å². The standard InChI is InChI=1S/C18H20ClFN2O4S/c1-11-9-15(26-3)16(10-12(11)2)27(24,25)22-8-7-21-18(23)17-13(19)5-4-6-14(17)20/h4-6,9-10,22H,7-8H2,1-3H3,(H,21,23). The Labute approximate surface area is 162 Å². The summed E-state index contributed by atoms with van der Waals surface area (Å²) in [4.78, 5) is 12.0. The molecule has 2 N–H and O–H groups in total. The predicted octanol–water partition coefficient (Wildman–Crippen LogP) is 2.81. The van der Waals surface area contributed by atoms with E-state index in [-0.39, 0.29) is 34.3 Å². The van der Waals surface area contributed by atoms with Crippen molar-refractivity contribution in [3.05, 3.63) is 57.9 Å². The van der Waals surface area contributed by atoms with Gasteiger partial charge in [-0.15, -0.1) is 0 Å². The van der Waals surface area contributed by atoms with E-state index in [9.17, 15) is 17.6 Å². The zero-order chi connectivity index (χ0) is 20.2. The molecule has 0 radical (unpaired) electrons. The molecule has 9 heteroatoms. The van der Waals surface area contributed by atoms with Crippen LogP contribution in [0.15, 0.2) is 35.2 Å². The highest BCUT2D eigenvalue weighted by molar-refractivity contribution is 7.89. The molecule has 0 heterocycles. The van der Waals surface area contributed by atoms with E-state index < -0.39 is 21.7 Å². The Balaban J connectivity index is 2.03. The third-order valence-electron chi connectivity index (χ3n) is 3.96. The Kier molecular flexibility index (Phi) is 6.80. The maximum absolute atomic E-state index is 13.7. The van der Waals surface area contributed by atoms with Gasteiger partial charge in [0.15, 0.2) is 0 Å². The molecule has 6 nitrogen and oxygen atoms in total. The van der Waals surface area contributed by atoms with Gasteiger partial charge in [0.1, 0.15) is 16.5 Å². The van der Waals surface area contributed by atoms with Gasteiger partial charge in [0, 0.05) is 13.1 Å². The lowest BCUT2D eigenvalue weighted by molar-refractivity contribution is 0.0950. The van der Waals surface area contributed by atoms with Crippen molar-refractivity contribution in [2.75, 3.05) is 20.2 Å². The molecular formula is C18H20ClFN2O4S. The van der Waals surface area contributed by atoms with E-state index in [1.807, 2.05) is 6.92 Å². The molecular weight excluding hydrogens is 395 g/mol. The molecule has 0 atom stereocenters. The van der Waals surface area contributed by atoms with Crippen LogP contribution in [-0.2, 0) is 10.0 Å². The van der Waals surface area contributed by atoms with Crippen LogP contribution in [0.5, 0.6) is 5.75 Å². The summed E-state index contributed by atoms with van der Waals surface area (Å²) >= 11 is 5.82. The van der Waals surface area contributed by atoms with Crippen molar-refractivity contribution in [2.24, 2.45) is 0 Å². The molecule has 0 bridgehead atoms. The Morgan fingerprint density at radius 1 is 1.19 bits per heavy atom. The minimum Gasteiger partial charge on any atom is -0.495 e. The predicted molar refractivity (Wildman–Crippen MR) is 101 cm³/mol. The SMILES string of the molecule is COc1cc(C)c(C)cc1S(=O)(=O)NCCNC(=O)c1c(F)cccc1Cl. The molecule has 0 aliphatic rings. The number of ether oxygens (including phenoxy) is 1. The number of carbonyl (C=O) groups excluding carboxylic acids is 1. The summed E-state index contributed by atoms with van der Waals surface area (Å²) in [5.74, 6) is -1.24. The summed E-state index contributed by atoms with van der Waals surface area (Å²) < 4.78 is 46.3. The summed E-state index contributed by atoms with van der Waals surface area (Å²) in [5, 5.41) is 2.41. The molecule has 0 saturated carbocycles. The van der Waals surface area contributed by atoms with Crippen LogP contribution in [0, 0.1) is 19.7 Å². The second-order valence-electron chi connectivity index (χ2n) is 5.84. The number of methoxy groups -OCH3 is 1. The summed E-state index contributed by atoms with van der Waals surface area (Å²) in [6.45, 7) is 3.52. The number of rotatable bonds is 7. The topological polar surface area (TPSA) is 84.5 Å². The van der Waals surface area contributed by atoms with Crippen LogP contribution in [0.3, 0.4) is 0 Å². The van der Waals surface area contributed by atoms with Crippen molar-refractivity contribution < 1.29 is 22.3 Å². The molecule has 0 saturated heterocycles. The average molecular weight is 415 g/mol. The van der Waals surface area contributed by atoms with Crippen LogP contribution in [0.4, 0.5) is 4.39 Å². The fourth-order valence-corrected chi connectivity index (χ4v) is 3.89. The first kappa shape index (κ1) is 21.1. The molecule has 0 aliphatic carbocycles. The number of halogens is 2. The molecule has 1 amide bonds. The van der Waals surface area contributed by atoms with Crippen LogP contribution in [0.1, 0.15) is 21.5 Å². The highest BCUT2D eigenvalue weighted by Gasteiger charge is 2.21.